The van der Waals surface area contributed by atoms with Crippen molar-refractivity contribution >= 4 is 33.0 Å². The van der Waals surface area contributed by atoms with E-state index in [1.807, 2.05) is 25.1 Å². The van der Waals surface area contributed by atoms with Crippen molar-refractivity contribution in [3.63, 3.8) is 0 Å². The second-order valence-corrected chi connectivity index (χ2v) is 10.4. The van der Waals surface area contributed by atoms with E-state index in [2.05, 4.69) is 0 Å². The van der Waals surface area contributed by atoms with E-state index in [9.17, 15) is 18.0 Å². The summed E-state index contributed by atoms with van der Waals surface area (Å²) < 4.78 is 28.8. The number of sulfone groups is 1. The number of benzene rings is 3. The van der Waals surface area contributed by atoms with Gasteiger partial charge in [0.1, 0.15) is 5.75 Å². The van der Waals surface area contributed by atoms with Crippen molar-refractivity contribution < 1.29 is 22.7 Å². The van der Waals surface area contributed by atoms with Gasteiger partial charge in [-0.05, 0) is 66.6 Å². The highest BCUT2D eigenvalue weighted by Crippen LogP contribution is 2.39. The normalized spacial score (nSPS) is 15.6. The average Bonchev–Trinajstić information content (AvgIpc) is 2.82. The standard InChI is InChI=1S/C26H26N2O5S/c1-17-16-27(26(30)20-5-10-22(33-3)11-6-20)25-15-21(9-14-24(25)28(17)18(2)29)19-7-12-23(13-8-19)34(4,31)32/h5-15,17H,16H2,1-4H3. The van der Waals surface area contributed by atoms with Crippen LogP contribution in [-0.4, -0.2) is 46.2 Å². The fourth-order valence-electron chi connectivity index (χ4n) is 4.26. The van der Waals surface area contributed by atoms with E-state index in [-0.39, 0.29) is 22.8 Å². The van der Waals surface area contributed by atoms with Crippen LogP contribution in [0.4, 0.5) is 11.4 Å². The molecule has 0 spiro atoms. The minimum Gasteiger partial charge on any atom is -0.497 e. The molecule has 2 amide bonds. The molecule has 1 unspecified atom stereocenters. The first-order valence-electron chi connectivity index (χ1n) is 10.8. The van der Waals surface area contributed by atoms with Gasteiger partial charge in [-0.2, -0.15) is 0 Å². The number of anilines is 2. The molecule has 0 saturated carbocycles. The van der Waals surface area contributed by atoms with Crippen LogP contribution in [-0.2, 0) is 14.6 Å². The molecule has 8 heteroatoms. The first-order chi connectivity index (χ1) is 16.1. The zero-order chi connectivity index (χ0) is 24.6. The van der Waals surface area contributed by atoms with Crippen molar-refractivity contribution in [2.45, 2.75) is 24.8 Å². The Balaban J connectivity index is 1.79. The van der Waals surface area contributed by atoms with Crippen molar-refractivity contribution in [1.82, 2.24) is 0 Å². The third-order valence-corrected chi connectivity index (χ3v) is 7.08. The Kier molecular flexibility index (Phi) is 6.18. The van der Waals surface area contributed by atoms with E-state index < -0.39 is 9.84 Å². The number of amides is 2. The molecule has 3 aromatic carbocycles. The number of rotatable bonds is 4. The number of hydrogen-bond donors (Lipinski definition) is 0. The van der Waals surface area contributed by atoms with Crippen LogP contribution >= 0.6 is 0 Å². The number of methoxy groups -OCH3 is 1. The lowest BCUT2D eigenvalue weighted by atomic mass is 10.00. The Morgan fingerprint density at radius 3 is 2.09 bits per heavy atom. The summed E-state index contributed by atoms with van der Waals surface area (Å²) in [6.07, 6.45) is 1.17. The van der Waals surface area contributed by atoms with E-state index in [4.69, 9.17) is 4.74 Å². The molecule has 1 aliphatic heterocycles. The molecule has 0 fully saturated rings. The predicted octanol–water partition coefficient (Wildman–Crippen LogP) is 4.17. The smallest absolute Gasteiger partial charge is 0.258 e. The molecule has 0 N–H and O–H groups in total. The Hall–Kier alpha value is -3.65. The molecule has 0 radical (unpaired) electrons. The van der Waals surface area contributed by atoms with E-state index in [1.165, 1.54) is 13.2 Å². The Labute approximate surface area is 199 Å². The van der Waals surface area contributed by atoms with E-state index in [1.54, 1.807) is 65.4 Å². The van der Waals surface area contributed by atoms with Gasteiger partial charge < -0.3 is 14.5 Å². The van der Waals surface area contributed by atoms with Gasteiger partial charge in [0.2, 0.25) is 5.91 Å². The molecule has 0 aliphatic carbocycles. The van der Waals surface area contributed by atoms with Crippen molar-refractivity contribution in [3.05, 3.63) is 72.3 Å². The average molecular weight is 479 g/mol. The van der Waals surface area contributed by atoms with Gasteiger partial charge in [-0.15, -0.1) is 0 Å². The summed E-state index contributed by atoms with van der Waals surface area (Å²) in [5, 5.41) is 0. The first kappa shape index (κ1) is 23.5. The lowest BCUT2D eigenvalue weighted by molar-refractivity contribution is -0.117. The molecular weight excluding hydrogens is 452 g/mol. The lowest BCUT2D eigenvalue weighted by Gasteiger charge is -2.41. The van der Waals surface area contributed by atoms with Crippen LogP contribution in [0.2, 0.25) is 0 Å². The minimum absolute atomic E-state index is 0.101. The largest absolute Gasteiger partial charge is 0.497 e. The molecule has 1 heterocycles. The molecule has 4 rings (SSSR count). The van der Waals surface area contributed by atoms with Gasteiger partial charge in [-0.1, -0.05) is 18.2 Å². The molecule has 0 bridgehead atoms. The topological polar surface area (TPSA) is 84.0 Å². The predicted molar refractivity (Wildman–Crippen MR) is 132 cm³/mol. The van der Waals surface area contributed by atoms with Gasteiger partial charge in [0.25, 0.3) is 5.91 Å². The Morgan fingerprint density at radius 2 is 1.53 bits per heavy atom. The summed E-state index contributed by atoms with van der Waals surface area (Å²) in [4.78, 5) is 29.6. The van der Waals surface area contributed by atoms with Crippen LogP contribution in [0.3, 0.4) is 0 Å². The SMILES string of the molecule is COc1ccc(C(=O)N2CC(C)N(C(C)=O)c3ccc(-c4ccc(S(C)(=O)=O)cc4)cc32)cc1. The maximum Gasteiger partial charge on any atom is 0.258 e. The van der Waals surface area contributed by atoms with Crippen LogP contribution in [0.25, 0.3) is 11.1 Å². The number of carbonyl (C=O) groups excluding carboxylic acids is 2. The highest BCUT2D eigenvalue weighted by atomic mass is 32.2. The fraction of sp³-hybridized carbons (Fsp3) is 0.231. The molecule has 0 saturated heterocycles. The summed E-state index contributed by atoms with van der Waals surface area (Å²) in [6.45, 7) is 3.77. The zero-order valence-corrected chi connectivity index (χ0v) is 20.3. The second kappa shape index (κ2) is 8.95. The molecule has 1 atom stereocenters. The number of hydrogen-bond acceptors (Lipinski definition) is 5. The van der Waals surface area contributed by atoms with Gasteiger partial charge in [-0.25, -0.2) is 8.42 Å². The van der Waals surface area contributed by atoms with Crippen molar-refractivity contribution in [2.75, 3.05) is 29.7 Å². The van der Waals surface area contributed by atoms with Crippen LogP contribution in [0, 0.1) is 0 Å². The molecule has 7 nitrogen and oxygen atoms in total. The fourth-order valence-corrected chi connectivity index (χ4v) is 4.89. The van der Waals surface area contributed by atoms with E-state index >= 15 is 0 Å². The second-order valence-electron chi connectivity index (χ2n) is 8.38. The molecule has 0 aromatic heterocycles. The van der Waals surface area contributed by atoms with Crippen molar-refractivity contribution in [1.29, 1.82) is 0 Å². The van der Waals surface area contributed by atoms with Gasteiger partial charge in [0.05, 0.1) is 29.4 Å². The third kappa shape index (κ3) is 4.41. The van der Waals surface area contributed by atoms with Crippen LogP contribution in [0.1, 0.15) is 24.2 Å². The number of ether oxygens (including phenoxy) is 1. The number of fused-ring (bicyclic) bond motifs is 1. The van der Waals surface area contributed by atoms with Crippen LogP contribution in [0.15, 0.2) is 71.6 Å². The summed E-state index contributed by atoms with van der Waals surface area (Å²) >= 11 is 0. The Bertz CT molecular complexity index is 1350. The Morgan fingerprint density at radius 1 is 0.912 bits per heavy atom. The van der Waals surface area contributed by atoms with Gasteiger partial charge in [0.15, 0.2) is 9.84 Å². The minimum atomic E-state index is -3.30. The third-order valence-electron chi connectivity index (χ3n) is 5.95. The number of carbonyl (C=O) groups is 2. The van der Waals surface area contributed by atoms with Gasteiger partial charge in [0, 0.05) is 25.3 Å². The lowest BCUT2D eigenvalue weighted by Crippen LogP contribution is -2.51. The number of nitrogens with zero attached hydrogens (tertiary/aromatic N) is 2. The maximum atomic E-state index is 13.5. The molecule has 1 aliphatic rings. The zero-order valence-electron chi connectivity index (χ0n) is 19.5. The van der Waals surface area contributed by atoms with Crippen LogP contribution in [0.5, 0.6) is 5.75 Å². The van der Waals surface area contributed by atoms with Crippen LogP contribution < -0.4 is 14.5 Å². The van der Waals surface area contributed by atoms with Crippen molar-refractivity contribution in [3.8, 4) is 16.9 Å². The highest BCUT2D eigenvalue weighted by molar-refractivity contribution is 7.90. The highest BCUT2D eigenvalue weighted by Gasteiger charge is 2.34. The van der Waals surface area contributed by atoms with Gasteiger partial charge >= 0.3 is 0 Å². The summed E-state index contributed by atoms with van der Waals surface area (Å²) in [5.74, 6) is 0.380. The summed E-state index contributed by atoms with van der Waals surface area (Å²) in [5.41, 5.74) is 3.41. The molecule has 3 aromatic rings. The maximum absolute atomic E-state index is 13.5. The molecular formula is C26H26N2O5S. The summed E-state index contributed by atoms with van der Waals surface area (Å²) in [6, 6.07) is 18.9. The van der Waals surface area contributed by atoms with Crippen molar-refractivity contribution in [2.24, 2.45) is 0 Å². The van der Waals surface area contributed by atoms with E-state index in [0.717, 1.165) is 11.1 Å². The molecule has 176 valence electrons. The first-order valence-corrected chi connectivity index (χ1v) is 12.7. The van der Waals surface area contributed by atoms with Gasteiger partial charge in [-0.3, -0.25) is 9.59 Å². The quantitative estimate of drug-likeness (QED) is 0.562. The molecule has 34 heavy (non-hydrogen) atoms. The van der Waals surface area contributed by atoms with E-state index in [0.29, 0.717) is 29.2 Å². The summed E-state index contributed by atoms with van der Waals surface area (Å²) in [7, 11) is -1.73. The monoisotopic (exact) mass is 478 g/mol.